The largest absolute Gasteiger partial charge is 0.378 e. The van der Waals surface area contributed by atoms with Crippen LogP contribution >= 0.6 is 0 Å². The van der Waals surface area contributed by atoms with E-state index in [0.29, 0.717) is 17.9 Å². The van der Waals surface area contributed by atoms with Gasteiger partial charge in [0.25, 0.3) is 11.8 Å². The summed E-state index contributed by atoms with van der Waals surface area (Å²) in [5, 5.41) is 5.76. The van der Waals surface area contributed by atoms with Gasteiger partial charge < -0.3 is 20.3 Å². The molecular formula is C21H25N3O3. The number of carbonyl (C=O) groups is 2. The lowest BCUT2D eigenvalue weighted by Gasteiger charge is -2.16. The van der Waals surface area contributed by atoms with Crippen LogP contribution in [0.1, 0.15) is 28.8 Å². The van der Waals surface area contributed by atoms with Crippen molar-refractivity contribution in [1.29, 1.82) is 0 Å². The molecule has 0 aliphatic carbocycles. The van der Waals surface area contributed by atoms with Crippen molar-refractivity contribution < 1.29 is 14.3 Å². The van der Waals surface area contributed by atoms with E-state index < -0.39 is 6.10 Å². The second-order valence-electron chi connectivity index (χ2n) is 6.92. The van der Waals surface area contributed by atoms with Crippen molar-refractivity contribution in [3.8, 4) is 0 Å². The zero-order valence-electron chi connectivity index (χ0n) is 15.9. The number of amides is 2. The van der Waals surface area contributed by atoms with E-state index in [1.165, 1.54) is 0 Å². The molecule has 0 saturated carbocycles. The molecule has 1 fully saturated rings. The van der Waals surface area contributed by atoms with Crippen LogP contribution in [0.4, 0.5) is 17.1 Å². The van der Waals surface area contributed by atoms with Crippen molar-refractivity contribution in [3.05, 3.63) is 53.6 Å². The van der Waals surface area contributed by atoms with Gasteiger partial charge in [0.2, 0.25) is 0 Å². The van der Waals surface area contributed by atoms with Gasteiger partial charge >= 0.3 is 0 Å². The summed E-state index contributed by atoms with van der Waals surface area (Å²) in [4.78, 5) is 26.8. The van der Waals surface area contributed by atoms with Crippen LogP contribution < -0.4 is 15.5 Å². The number of hydrogen-bond acceptors (Lipinski definition) is 4. The van der Waals surface area contributed by atoms with Crippen LogP contribution in [0, 0.1) is 6.92 Å². The zero-order valence-corrected chi connectivity index (χ0v) is 15.9. The Morgan fingerprint density at radius 3 is 2.59 bits per heavy atom. The van der Waals surface area contributed by atoms with E-state index >= 15 is 0 Å². The van der Waals surface area contributed by atoms with E-state index in [0.717, 1.165) is 29.8 Å². The Morgan fingerprint density at radius 1 is 1.11 bits per heavy atom. The van der Waals surface area contributed by atoms with Gasteiger partial charge in [0.05, 0.1) is 0 Å². The van der Waals surface area contributed by atoms with Gasteiger partial charge in [0, 0.05) is 43.3 Å². The number of benzene rings is 2. The predicted octanol–water partition coefficient (Wildman–Crippen LogP) is 3.43. The van der Waals surface area contributed by atoms with Crippen LogP contribution in [0.2, 0.25) is 0 Å². The summed E-state index contributed by atoms with van der Waals surface area (Å²) in [6.07, 6.45) is 1.22. The summed E-state index contributed by atoms with van der Waals surface area (Å²) < 4.78 is 5.39. The van der Waals surface area contributed by atoms with E-state index in [1.54, 1.807) is 24.3 Å². The van der Waals surface area contributed by atoms with Crippen molar-refractivity contribution in [2.45, 2.75) is 25.9 Å². The highest BCUT2D eigenvalue weighted by atomic mass is 16.5. The fraction of sp³-hybridized carbons (Fsp3) is 0.333. The molecule has 0 aromatic heterocycles. The van der Waals surface area contributed by atoms with E-state index in [2.05, 4.69) is 10.6 Å². The fourth-order valence-electron chi connectivity index (χ4n) is 3.01. The zero-order chi connectivity index (χ0) is 19.4. The van der Waals surface area contributed by atoms with Crippen LogP contribution in [-0.2, 0) is 9.53 Å². The van der Waals surface area contributed by atoms with Crippen LogP contribution in [0.3, 0.4) is 0 Å². The van der Waals surface area contributed by atoms with E-state index in [4.69, 9.17) is 4.74 Å². The Morgan fingerprint density at radius 2 is 1.93 bits per heavy atom. The second-order valence-corrected chi connectivity index (χ2v) is 6.92. The van der Waals surface area contributed by atoms with Crippen molar-refractivity contribution in [1.82, 2.24) is 0 Å². The van der Waals surface area contributed by atoms with Crippen LogP contribution in [0.25, 0.3) is 0 Å². The van der Waals surface area contributed by atoms with E-state index in [9.17, 15) is 9.59 Å². The molecule has 1 aliphatic rings. The fourth-order valence-corrected chi connectivity index (χ4v) is 3.01. The third-order valence-electron chi connectivity index (χ3n) is 4.59. The average Bonchev–Trinajstić information content (AvgIpc) is 3.18. The highest BCUT2D eigenvalue weighted by molar-refractivity contribution is 6.06. The van der Waals surface area contributed by atoms with E-state index in [1.807, 2.05) is 44.1 Å². The first-order valence-electron chi connectivity index (χ1n) is 9.06. The average molecular weight is 367 g/mol. The molecule has 2 amide bonds. The number of aryl methyl sites for hydroxylation is 1. The summed E-state index contributed by atoms with van der Waals surface area (Å²) in [5.41, 5.74) is 3.89. The minimum atomic E-state index is -0.402. The molecule has 0 radical (unpaired) electrons. The highest BCUT2D eigenvalue weighted by Crippen LogP contribution is 2.22. The van der Waals surface area contributed by atoms with Gasteiger partial charge in [-0.2, -0.15) is 0 Å². The Bertz CT molecular complexity index is 842. The number of hydrogen-bond donors (Lipinski definition) is 2. The lowest BCUT2D eigenvalue weighted by atomic mass is 10.1. The molecule has 1 unspecified atom stereocenters. The van der Waals surface area contributed by atoms with Crippen LogP contribution in [0.5, 0.6) is 0 Å². The Balaban J connectivity index is 1.69. The molecule has 2 aromatic rings. The molecule has 1 aliphatic heterocycles. The standard InChI is InChI=1S/C21H25N3O3/c1-14-12-17(24(2)3)9-10-18(14)23-20(25)15-6-4-7-16(13-15)22-21(26)19-8-5-11-27-19/h4,6-7,9-10,12-13,19H,5,8,11H2,1-3H3,(H,22,26)(H,23,25). The molecule has 0 spiro atoms. The van der Waals surface area contributed by atoms with Crippen LogP contribution in [0.15, 0.2) is 42.5 Å². The Labute approximate surface area is 159 Å². The summed E-state index contributed by atoms with van der Waals surface area (Å²) in [6, 6.07) is 12.8. The lowest BCUT2D eigenvalue weighted by molar-refractivity contribution is -0.124. The van der Waals surface area contributed by atoms with Gasteiger partial charge in [-0.3, -0.25) is 9.59 Å². The normalized spacial score (nSPS) is 16.0. The summed E-state index contributed by atoms with van der Waals surface area (Å²) in [5.74, 6) is -0.385. The first kappa shape index (κ1) is 18.9. The molecule has 3 rings (SSSR count). The second kappa shape index (κ2) is 8.22. The molecule has 2 aromatic carbocycles. The van der Waals surface area contributed by atoms with Gasteiger partial charge in [0.15, 0.2) is 0 Å². The number of nitrogens with one attached hydrogen (secondary N) is 2. The molecular weight excluding hydrogens is 342 g/mol. The van der Waals surface area contributed by atoms with Crippen LogP contribution in [-0.4, -0.2) is 38.6 Å². The Hall–Kier alpha value is -2.86. The smallest absolute Gasteiger partial charge is 0.255 e. The topological polar surface area (TPSA) is 70.7 Å². The molecule has 27 heavy (non-hydrogen) atoms. The minimum Gasteiger partial charge on any atom is -0.378 e. The first-order chi connectivity index (χ1) is 12.9. The van der Waals surface area contributed by atoms with Crippen molar-refractivity contribution >= 4 is 28.9 Å². The van der Waals surface area contributed by atoms with Crippen molar-refractivity contribution in [3.63, 3.8) is 0 Å². The van der Waals surface area contributed by atoms with Gasteiger partial charge in [-0.15, -0.1) is 0 Å². The number of anilines is 3. The number of carbonyl (C=O) groups excluding carboxylic acids is 2. The maximum Gasteiger partial charge on any atom is 0.255 e. The highest BCUT2D eigenvalue weighted by Gasteiger charge is 2.23. The molecule has 1 atom stereocenters. The Kier molecular flexibility index (Phi) is 5.76. The summed E-state index contributed by atoms with van der Waals surface area (Å²) in [7, 11) is 3.95. The predicted molar refractivity (Wildman–Crippen MR) is 108 cm³/mol. The summed E-state index contributed by atoms with van der Waals surface area (Å²) in [6.45, 7) is 2.58. The van der Waals surface area contributed by atoms with Gasteiger partial charge in [0.1, 0.15) is 6.10 Å². The molecule has 2 N–H and O–H groups in total. The monoisotopic (exact) mass is 367 g/mol. The van der Waals surface area contributed by atoms with Gasteiger partial charge in [-0.1, -0.05) is 6.07 Å². The minimum absolute atomic E-state index is 0.167. The molecule has 1 saturated heterocycles. The maximum atomic E-state index is 12.6. The molecule has 6 nitrogen and oxygen atoms in total. The number of ether oxygens (including phenoxy) is 1. The van der Waals surface area contributed by atoms with Crippen molar-refractivity contribution in [2.24, 2.45) is 0 Å². The summed E-state index contributed by atoms with van der Waals surface area (Å²) >= 11 is 0. The lowest BCUT2D eigenvalue weighted by Crippen LogP contribution is -2.27. The van der Waals surface area contributed by atoms with Gasteiger partial charge in [-0.05, 0) is 61.7 Å². The molecule has 6 heteroatoms. The van der Waals surface area contributed by atoms with E-state index in [-0.39, 0.29) is 11.8 Å². The molecule has 1 heterocycles. The number of rotatable bonds is 5. The number of nitrogens with zero attached hydrogens (tertiary/aromatic N) is 1. The maximum absolute atomic E-state index is 12.6. The van der Waals surface area contributed by atoms with Gasteiger partial charge in [-0.25, -0.2) is 0 Å². The first-order valence-corrected chi connectivity index (χ1v) is 9.06. The molecule has 142 valence electrons. The third-order valence-corrected chi connectivity index (χ3v) is 4.59. The van der Waals surface area contributed by atoms with Crippen molar-refractivity contribution in [2.75, 3.05) is 36.2 Å². The quantitative estimate of drug-likeness (QED) is 0.849. The third kappa shape index (κ3) is 4.65. The molecule has 0 bridgehead atoms. The SMILES string of the molecule is Cc1cc(N(C)C)ccc1NC(=O)c1cccc(NC(=O)C2CCCO2)c1.